The average Bonchev–Trinajstić information content (AvgIpc) is 3.16. The van der Waals surface area contributed by atoms with Crippen molar-refractivity contribution >= 4 is 5.91 Å². The molecule has 0 atom stereocenters. The van der Waals surface area contributed by atoms with Crippen LogP contribution in [0.2, 0.25) is 0 Å². The summed E-state index contributed by atoms with van der Waals surface area (Å²) >= 11 is 0. The Balaban J connectivity index is 1.40. The number of benzene rings is 2. The minimum Gasteiger partial charge on any atom is -0.497 e. The summed E-state index contributed by atoms with van der Waals surface area (Å²) in [5, 5.41) is 2.96. The standard InChI is InChI=1S/C21H23N3O2/c1-26-19-10-7-16(8-11-19)9-12-20(25)22-14-13-18-15-23-21(24-18)17-5-3-2-4-6-17/h2-8,10-11,15H,9,12-14H2,1H3,(H,22,25)(H,23,24). The summed E-state index contributed by atoms with van der Waals surface area (Å²) < 4.78 is 5.13. The molecule has 0 saturated heterocycles. The largest absolute Gasteiger partial charge is 0.497 e. The highest BCUT2D eigenvalue weighted by Gasteiger charge is 2.05. The molecule has 0 fully saturated rings. The predicted molar refractivity (Wildman–Crippen MR) is 102 cm³/mol. The van der Waals surface area contributed by atoms with Crippen LogP contribution in [0.15, 0.2) is 60.8 Å². The first-order valence-corrected chi connectivity index (χ1v) is 8.73. The Labute approximate surface area is 153 Å². The highest BCUT2D eigenvalue weighted by atomic mass is 16.5. The predicted octanol–water partition coefficient (Wildman–Crippen LogP) is 3.38. The Morgan fingerprint density at radius 1 is 1.08 bits per heavy atom. The normalized spacial score (nSPS) is 10.5. The zero-order valence-electron chi connectivity index (χ0n) is 14.9. The fourth-order valence-corrected chi connectivity index (χ4v) is 2.70. The van der Waals surface area contributed by atoms with Gasteiger partial charge in [-0.25, -0.2) is 4.98 Å². The lowest BCUT2D eigenvalue weighted by Gasteiger charge is -2.05. The van der Waals surface area contributed by atoms with Gasteiger partial charge >= 0.3 is 0 Å². The molecule has 0 aliphatic heterocycles. The molecule has 2 N–H and O–H groups in total. The van der Waals surface area contributed by atoms with Crippen LogP contribution in [0.5, 0.6) is 5.75 Å². The van der Waals surface area contributed by atoms with Crippen LogP contribution in [0.25, 0.3) is 11.4 Å². The quantitative estimate of drug-likeness (QED) is 0.655. The summed E-state index contributed by atoms with van der Waals surface area (Å²) in [6.45, 7) is 0.595. The topological polar surface area (TPSA) is 67.0 Å². The van der Waals surface area contributed by atoms with Crippen molar-refractivity contribution in [3.8, 4) is 17.1 Å². The number of ether oxygens (including phenoxy) is 1. The maximum absolute atomic E-state index is 12.0. The number of nitrogens with one attached hydrogen (secondary N) is 2. The van der Waals surface area contributed by atoms with Crippen molar-refractivity contribution in [3.63, 3.8) is 0 Å². The zero-order chi connectivity index (χ0) is 18.2. The molecule has 3 rings (SSSR count). The number of amides is 1. The lowest BCUT2D eigenvalue weighted by atomic mass is 10.1. The molecule has 0 aliphatic rings. The Morgan fingerprint density at radius 2 is 1.85 bits per heavy atom. The van der Waals surface area contributed by atoms with Crippen LogP contribution in [0, 0.1) is 0 Å². The number of nitrogens with zero attached hydrogens (tertiary/aromatic N) is 1. The molecule has 134 valence electrons. The molecule has 0 unspecified atom stereocenters. The molecule has 5 heteroatoms. The Kier molecular flexibility index (Phi) is 6.04. The minimum atomic E-state index is 0.0589. The third-order valence-corrected chi connectivity index (χ3v) is 4.19. The second-order valence-electron chi connectivity index (χ2n) is 6.07. The Morgan fingerprint density at radius 3 is 2.58 bits per heavy atom. The van der Waals surface area contributed by atoms with Gasteiger partial charge in [0.1, 0.15) is 11.6 Å². The zero-order valence-corrected chi connectivity index (χ0v) is 14.9. The fourth-order valence-electron chi connectivity index (χ4n) is 2.70. The number of H-pyrrole nitrogens is 1. The van der Waals surface area contributed by atoms with E-state index in [4.69, 9.17) is 4.74 Å². The number of hydrogen-bond acceptors (Lipinski definition) is 3. The van der Waals surface area contributed by atoms with E-state index in [0.29, 0.717) is 13.0 Å². The minimum absolute atomic E-state index is 0.0589. The van der Waals surface area contributed by atoms with Crippen molar-refractivity contribution in [1.82, 2.24) is 15.3 Å². The van der Waals surface area contributed by atoms with Crippen LogP contribution in [0.3, 0.4) is 0 Å². The van der Waals surface area contributed by atoms with Crippen LogP contribution in [-0.4, -0.2) is 29.5 Å². The first-order valence-electron chi connectivity index (χ1n) is 8.73. The SMILES string of the molecule is COc1ccc(CCC(=O)NCCc2cnc(-c3ccccc3)[nH]2)cc1. The molecule has 26 heavy (non-hydrogen) atoms. The second kappa shape index (κ2) is 8.85. The molecule has 0 spiro atoms. The van der Waals surface area contributed by atoms with Gasteiger partial charge in [-0.2, -0.15) is 0 Å². The van der Waals surface area contributed by atoms with Gasteiger partial charge in [-0.3, -0.25) is 4.79 Å². The summed E-state index contributed by atoms with van der Waals surface area (Å²) in [6.07, 6.45) is 3.75. The number of rotatable bonds is 8. The van der Waals surface area contributed by atoms with Crippen LogP contribution >= 0.6 is 0 Å². The molecular weight excluding hydrogens is 326 g/mol. The van der Waals surface area contributed by atoms with Crippen LogP contribution in [0.4, 0.5) is 0 Å². The smallest absolute Gasteiger partial charge is 0.220 e. The maximum Gasteiger partial charge on any atom is 0.220 e. The van der Waals surface area contributed by atoms with Gasteiger partial charge in [0.2, 0.25) is 5.91 Å². The lowest BCUT2D eigenvalue weighted by Crippen LogP contribution is -2.25. The number of hydrogen-bond donors (Lipinski definition) is 2. The molecule has 5 nitrogen and oxygen atoms in total. The third kappa shape index (κ3) is 4.96. The average molecular weight is 349 g/mol. The summed E-state index contributed by atoms with van der Waals surface area (Å²) in [6, 6.07) is 17.8. The number of aromatic amines is 1. The van der Waals surface area contributed by atoms with E-state index in [-0.39, 0.29) is 5.91 Å². The van der Waals surface area contributed by atoms with E-state index < -0.39 is 0 Å². The van der Waals surface area contributed by atoms with E-state index >= 15 is 0 Å². The molecule has 3 aromatic rings. The molecule has 1 heterocycles. The Hall–Kier alpha value is -3.08. The molecular formula is C21H23N3O2. The van der Waals surface area contributed by atoms with Gasteiger partial charge in [0.15, 0.2) is 0 Å². The van der Waals surface area contributed by atoms with E-state index in [1.54, 1.807) is 7.11 Å². The first kappa shape index (κ1) is 17.7. The van der Waals surface area contributed by atoms with Gasteiger partial charge in [-0.1, -0.05) is 42.5 Å². The van der Waals surface area contributed by atoms with Crippen LogP contribution in [0.1, 0.15) is 17.7 Å². The van der Waals surface area contributed by atoms with E-state index in [1.165, 1.54) is 0 Å². The van der Waals surface area contributed by atoms with Gasteiger partial charge in [0.05, 0.1) is 7.11 Å². The summed E-state index contributed by atoms with van der Waals surface area (Å²) in [4.78, 5) is 19.7. The van der Waals surface area contributed by atoms with Crippen LogP contribution in [-0.2, 0) is 17.6 Å². The van der Waals surface area contributed by atoms with Crippen molar-refractivity contribution in [1.29, 1.82) is 0 Å². The van der Waals surface area contributed by atoms with E-state index in [0.717, 1.165) is 41.2 Å². The number of carbonyl (C=O) groups is 1. The first-order chi connectivity index (χ1) is 12.7. The molecule has 1 aromatic heterocycles. The van der Waals surface area contributed by atoms with Crippen molar-refractivity contribution in [2.24, 2.45) is 0 Å². The second-order valence-corrected chi connectivity index (χ2v) is 6.07. The summed E-state index contributed by atoms with van der Waals surface area (Å²) in [5.41, 5.74) is 3.20. The maximum atomic E-state index is 12.0. The molecule has 1 amide bonds. The summed E-state index contributed by atoms with van der Waals surface area (Å²) in [7, 11) is 1.64. The molecule has 0 radical (unpaired) electrons. The number of aryl methyl sites for hydroxylation is 1. The third-order valence-electron chi connectivity index (χ3n) is 4.19. The molecule has 0 aliphatic carbocycles. The Bertz CT molecular complexity index is 826. The fraction of sp³-hybridized carbons (Fsp3) is 0.238. The van der Waals surface area contributed by atoms with Crippen molar-refractivity contribution in [2.75, 3.05) is 13.7 Å². The number of carbonyl (C=O) groups excluding carboxylic acids is 1. The van der Waals surface area contributed by atoms with Gasteiger partial charge < -0.3 is 15.0 Å². The monoisotopic (exact) mass is 349 g/mol. The number of aromatic nitrogens is 2. The van der Waals surface area contributed by atoms with Gasteiger partial charge in [-0.05, 0) is 24.1 Å². The molecule has 0 saturated carbocycles. The van der Waals surface area contributed by atoms with E-state index in [1.807, 2.05) is 60.8 Å². The number of imidazole rings is 1. The van der Waals surface area contributed by atoms with Gasteiger partial charge in [0.25, 0.3) is 0 Å². The lowest BCUT2D eigenvalue weighted by molar-refractivity contribution is -0.121. The van der Waals surface area contributed by atoms with Gasteiger partial charge in [0, 0.05) is 36.8 Å². The van der Waals surface area contributed by atoms with Crippen LogP contribution < -0.4 is 10.1 Å². The summed E-state index contributed by atoms with van der Waals surface area (Å²) in [5.74, 6) is 1.74. The van der Waals surface area contributed by atoms with Crippen molar-refractivity contribution in [3.05, 3.63) is 72.1 Å². The highest BCUT2D eigenvalue weighted by molar-refractivity contribution is 5.76. The van der Waals surface area contributed by atoms with E-state index in [2.05, 4.69) is 15.3 Å². The molecule has 0 bridgehead atoms. The van der Waals surface area contributed by atoms with Gasteiger partial charge in [-0.15, -0.1) is 0 Å². The van der Waals surface area contributed by atoms with Crippen molar-refractivity contribution in [2.45, 2.75) is 19.3 Å². The van der Waals surface area contributed by atoms with E-state index in [9.17, 15) is 4.79 Å². The van der Waals surface area contributed by atoms with Crippen molar-refractivity contribution < 1.29 is 9.53 Å². The highest BCUT2D eigenvalue weighted by Crippen LogP contribution is 2.15. The molecule has 2 aromatic carbocycles. The number of methoxy groups -OCH3 is 1.